The van der Waals surface area contributed by atoms with Crippen LogP contribution in [-0.4, -0.2) is 39.3 Å². The van der Waals surface area contributed by atoms with Gasteiger partial charge in [-0.15, -0.1) is 0 Å². The Kier molecular flexibility index (Phi) is 7.67. The number of anilines is 1. The van der Waals surface area contributed by atoms with E-state index in [-0.39, 0.29) is 11.8 Å². The first-order valence-electron chi connectivity index (χ1n) is 14.9. The number of aromatic nitrogens is 4. The Hall–Kier alpha value is -3.22. The molecule has 0 atom stereocenters. The lowest BCUT2D eigenvalue weighted by molar-refractivity contribution is -0.123. The molecular formula is C32H41N5O2. The van der Waals surface area contributed by atoms with Gasteiger partial charge in [0.2, 0.25) is 5.91 Å². The molecule has 6 rings (SSSR count). The number of ether oxygens (including phenoxy) is 1. The van der Waals surface area contributed by atoms with Crippen LogP contribution >= 0.6 is 0 Å². The summed E-state index contributed by atoms with van der Waals surface area (Å²) in [5.74, 6) is 2.96. The van der Waals surface area contributed by atoms with E-state index in [9.17, 15) is 4.79 Å². The van der Waals surface area contributed by atoms with Gasteiger partial charge < -0.3 is 4.74 Å². The van der Waals surface area contributed by atoms with Crippen LogP contribution in [0.15, 0.2) is 42.9 Å². The van der Waals surface area contributed by atoms with Crippen molar-refractivity contribution >= 4 is 11.7 Å². The molecule has 3 aromatic rings. The van der Waals surface area contributed by atoms with Crippen LogP contribution in [0, 0.1) is 18.8 Å². The fourth-order valence-electron chi connectivity index (χ4n) is 6.55. The highest BCUT2D eigenvalue weighted by molar-refractivity contribution is 5.94. The van der Waals surface area contributed by atoms with Crippen molar-refractivity contribution in [2.45, 2.75) is 89.5 Å². The van der Waals surface area contributed by atoms with E-state index >= 15 is 0 Å². The van der Waals surface area contributed by atoms with Crippen molar-refractivity contribution < 1.29 is 9.53 Å². The average Bonchev–Trinajstić information content (AvgIpc) is 3.72. The monoisotopic (exact) mass is 527 g/mol. The first kappa shape index (κ1) is 26.0. The molecule has 3 aliphatic rings. The summed E-state index contributed by atoms with van der Waals surface area (Å²) in [5, 5.41) is 4.58. The van der Waals surface area contributed by atoms with Crippen molar-refractivity contribution in [3.05, 3.63) is 54.2 Å². The molecule has 0 aliphatic heterocycles. The fourth-order valence-corrected chi connectivity index (χ4v) is 6.55. The van der Waals surface area contributed by atoms with Crippen LogP contribution in [0.25, 0.3) is 11.1 Å². The first-order valence-corrected chi connectivity index (χ1v) is 14.9. The summed E-state index contributed by atoms with van der Waals surface area (Å²) in [4.78, 5) is 25.6. The minimum atomic E-state index is 0.115. The Morgan fingerprint density at radius 1 is 1.00 bits per heavy atom. The van der Waals surface area contributed by atoms with Crippen molar-refractivity contribution in [2.75, 3.05) is 18.6 Å². The molecule has 0 aromatic carbocycles. The second kappa shape index (κ2) is 11.5. The van der Waals surface area contributed by atoms with Gasteiger partial charge in [0, 0.05) is 42.0 Å². The van der Waals surface area contributed by atoms with E-state index in [2.05, 4.69) is 28.1 Å². The summed E-state index contributed by atoms with van der Waals surface area (Å²) < 4.78 is 7.48. The van der Waals surface area contributed by atoms with Crippen LogP contribution in [0.4, 0.5) is 5.82 Å². The highest BCUT2D eigenvalue weighted by Gasteiger charge is 2.32. The third-order valence-electron chi connectivity index (χ3n) is 9.08. The van der Waals surface area contributed by atoms with E-state index < -0.39 is 0 Å². The maximum absolute atomic E-state index is 14.0. The Balaban J connectivity index is 1.19. The summed E-state index contributed by atoms with van der Waals surface area (Å²) in [7, 11) is 1.70. The van der Waals surface area contributed by atoms with Crippen LogP contribution in [-0.2, 0) is 4.79 Å². The molecule has 3 saturated carbocycles. The maximum atomic E-state index is 14.0. The quantitative estimate of drug-likeness (QED) is 0.319. The molecule has 7 nitrogen and oxygen atoms in total. The lowest BCUT2D eigenvalue weighted by Gasteiger charge is -2.34. The standard InChI is InChI=1S/C32H41N5O2/c1-22-30(39-2)15-14-29(35-22)24-10-8-23(9-11-24)20-36(32(38)25-6-4-3-5-7-25)31-18-26(16-17-33-31)27-19-34-37(21-27)28-12-13-28/h14-19,21,23-25,28H,3-13,20H2,1-2H3/t23-,24-. The van der Waals surface area contributed by atoms with Gasteiger partial charge in [0.25, 0.3) is 0 Å². The molecule has 0 unspecified atom stereocenters. The van der Waals surface area contributed by atoms with E-state index in [0.29, 0.717) is 17.9 Å². The fraction of sp³-hybridized carbons (Fsp3) is 0.562. The second-order valence-electron chi connectivity index (χ2n) is 11.9. The number of amides is 1. The number of methoxy groups -OCH3 is 1. The summed E-state index contributed by atoms with van der Waals surface area (Å²) in [6.45, 7) is 2.76. The first-order chi connectivity index (χ1) is 19.1. The largest absolute Gasteiger partial charge is 0.495 e. The van der Waals surface area contributed by atoms with Crippen LogP contribution in [0.1, 0.15) is 94.0 Å². The number of rotatable bonds is 8. The molecule has 0 saturated heterocycles. The summed E-state index contributed by atoms with van der Waals surface area (Å²) in [6.07, 6.45) is 18.3. The molecule has 206 valence electrons. The van der Waals surface area contributed by atoms with Gasteiger partial charge in [-0.2, -0.15) is 5.10 Å². The van der Waals surface area contributed by atoms with Crippen LogP contribution < -0.4 is 9.64 Å². The normalized spacial score (nSPS) is 22.0. The highest BCUT2D eigenvalue weighted by Crippen LogP contribution is 2.38. The van der Waals surface area contributed by atoms with Gasteiger partial charge in [-0.25, -0.2) is 4.98 Å². The van der Waals surface area contributed by atoms with Crippen molar-refractivity contribution in [2.24, 2.45) is 11.8 Å². The maximum Gasteiger partial charge on any atom is 0.231 e. The minimum Gasteiger partial charge on any atom is -0.495 e. The molecule has 3 aromatic heterocycles. The van der Waals surface area contributed by atoms with Crippen LogP contribution in [0.2, 0.25) is 0 Å². The van der Waals surface area contributed by atoms with Gasteiger partial charge >= 0.3 is 0 Å². The van der Waals surface area contributed by atoms with Crippen LogP contribution in [0.3, 0.4) is 0 Å². The number of carbonyl (C=O) groups is 1. The Morgan fingerprint density at radius 3 is 2.51 bits per heavy atom. The average molecular weight is 528 g/mol. The lowest BCUT2D eigenvalue weighted by Crippen LogP contribution is -2.41. The van der Waals surface area contributed by atoms with Crippen molar-refractivity contribution in [1.82, 2.24) is 19.7 Å². The minimum absolute atomic E-state index is 0.115. The molecule has 39 heavy (non-hydrogen) atoms. The Bertz CT molecular complexity index is 1290. The van der Waals surface area contributed by atoms with Gasteiger partial charge in [0.15, 0.2) is 0 Å². The Morgan fingerprint density at radius 2 is 1.79 bits per heavy atom. The SMILES string of the molecule is COc1ccc([C@H]2CC[C@H](CN(C(=O)C3CCCCC3)c3cc(-c4cnn(C5CC5)c4)ccn3)CC2)nc1C. The molecule has 3 aliphatic carbocycles. The number of pyridine rings is 2. The number of aryl methyl sites for hydroxylation is 1. The number of hydrogen-bond acceptors (Lipinski definition) is 5. The number of nitrogens with zero attached hydrogens (tertiary/aromatic N) is 5. The predicted molar refractivity (Wildman–Crippen MR) is 153 cm³/mol. The summed E-state index contributed by atoms with van der Waals surface area (Å²) in [5.41, 5.74) is 4.30. The molecule has 1 amide bonds. The zero-order valence-electron chi connectivity index (χ0n) is 23.4. The molecular weight excluding hydrogens is 486 g/mol. The third kappa shape index (κ3) is 5.87. The highest BCUT2D eigenvalue weighted by atomic mass is 16.5. The molecule has 0 N–H and O–H groups in total. The molecule has 3 heterocycles. The second-order valence-corrected chi connectivity index (χ2v) is 11.9. The molecule has 7 heteroatoms. The molecule has 0 radical (unpaired) electrons. The van der Waals surface area contributed by atoms with E-state index in [0.717, 1.165) is 86.3 Å². The zero-order valence-corrected chi connectivity index (χ0v) is 23.4. The number of hydrogen-bond donors (Lipinski definition) is 0. The summed E-state index contributed by atoms with van der Waals surface area (Å²) >= 11 is 0. The Labute approximate surface area is 232 Å². The van der Waals surface area contributed by atoms with E-state index in [4.69, 9.17) is 14.7 Å². The number of carbonyl (C=O) groups excluding carboxylic acids is 1. The van der Waals surface area contributed by atoms with Gasteiger partial charge in [0.05, 0.1) is 25.0 Å². The molecule has 3 fully saturated rings. The van der Waals surface area contributed by atoms with Crippen molar-refractivity contribution in [3.63, 3.8) is 0 Å². The summed E-state index contributed by atoms with van der Waals surface area (Å²) in [6, 6.07) is 8.86. The van der Waals surface area contributed by atoms with E-state index in [1.165, 1.54) is 25.0 Å². The van der Waals surface area contributed by atoms with Gasteiger partial charge in [-0.05, 0) is 94.0 Å². The van der Waals surface area contributed by atoms with Crippen LogP contribution in [0.5, 0.6) is 5.75 Å². The van der Waals surface area contributed by atoms with Crippen molar-refractivity contribution in [1.29, 1.82) is 0 Å². The topological polar surface area (TPSA) is 73.1 Å². The van der Waals surface area contributed by atoms with Crippen molar-refractivity contribution in [3.8, 4) is 16.9 Å². The smallest absolute Gasteiger partial charge is 0.231 e. The zero-order chi connectivity index (χ0) is 26.8. The third-order valence-corrected chi connectivity index (χ3v) is 9.08. The molecule has 0 spiro atoms. The van der Waals surface area contributed by atoms with E-state index in [1.807, 2.05) is 36.4 Å². The predicted octanol–water partition coefficient (Wildman–Crippen LogP) is 6.88. The van der Waals surface area contributed by atoms with E-state index in [1.54, 1.807) is 7.11 Å². The molecule has 0 bridgehead atoms. The lowest BCUT2D eigenvalue weighted by atomic mass is 9.79. The van der Waals surface area contributed by atoms with Gasteiger partial charge in [-0.3, -0.25) is 19.4 Å². The van der Waals surface area contributed by atoms with Gasteiger partial charge in [0.1, 0.15) is 11.6 Å². The van der Waals surface area contributed by atoms with Gasteiger partial charge in [-0.1, -0.05) is 19.3 Å².